The molecule has 5 nitrogen and oxygen atoms in total. The number of carbonyl (C=O) groups is 1. The zero-order valence-corrected chi connectivity index (χ0v) is 19.5. The Hall–Kier alpha value is -4.16. The van der Waals surface area contributed by atoms with Gasteiger partial charge >= 0.3 is 0 Å². The van der Waals surface area contributed by atoms with Gasteiger partial charge in [0.25, 0.3) is 0 Å². The van der Waals surface area contributed by atoms with E-state index in [1.807, 2.05) is 30.3 Å². The van der Waals surface area contributed by atoms with E-state index in [1.165, 1.54) is 12.1 Å². The van der Waals surface area contributed by atoms with Gasteiger partial charge in [0.2, 0.25) is 5.91 Å². The number of nitrogens with zero attached hydrogens (tertiary/aromatic N) is 1. The van der Waals surface area contributed by atoms with Crippen molar-refractivity contribution < 1.29 is 24.5 Å². The topological polar surface area (TPSA) is 81.0 Å². The van der Waals surface area contributed by atoms with Crippen molar-refractivity contribution in [2.24, 2.45) is 5.92 Å². The van der Waals surface area contributed by atoms with Gasteiger partial charge in [-0.1, -0.05) is 60.7 Å². The highest BCUT2D eigenvalue weighted by atomic mass is 19.1. The van der Waals surface area contributed by atoms with Gasteiger partial charge in [0, 0.05) is 16.8 Å². The Bertz CT molecular complexity index is 1370. The first-order valence-electron chi connectivity index (χ1n) is 11.9. The number of aromatic hydroxyl groups is 2. The quantitative estimate of drug-likeness (QED) is 0.277. The van der Waals surface area contributed by atoms with Crippen LogP contribution >= 0.6 is 0 Å². The summed E-state index contributed by atoms with van der Waals surface area (Å²) in [5.41, 5.74) is 3.10. The van der Waals surface area contributed by atoms with E-state index in [9.17, 15) is 24.5 Å². The molecule has 4 aromatic rings. The van der Waals surface area contributed by atoms with Gasteiger partial charge in [-0.25, -0.2) is 4.39 Å². The Balaban J connectivity index is 1.46. The van der Waals surface area contributed by atoms with Crippen molar-refractivity contribution in [1.29, 1.82) is 0 Å². The van der Waals surface area contributed by atoms with Crippen molar-refractivity contribution >= 4 is 11.6 Å². The summed E-state index contributed by atoms with van der Waals surface area (Å²) in [7, 11) is 0. The molecule has 4 aromatic carbocycles. The van der Waals surface area contributed by atoms with Crippen molar-refractivity contribution in [3.05, 3.63) is 114 Å². The lowest BCUT2D eigenvalue weighted by molar-refractivity contribution is -0.131. The Labute approximate surface area is 208 Å². The number of amides is 1. The number of benzene rings is 4. The van der Waals surface area contributed by atoms with Crippen molar-refractivity contribution in [2.45, 2.75) is 25.0 Å². The molecule has 1 saturated heterocycles. The molecule has 0 aromatic heterocycles. The molecule has 3 N–H and O–H groups in total. The summed E-state index contributed by atoms with van der Waals surface area (Å²) in [6, 6.07) is 26.5. The van der Waals surface area contributed by atoms with Crippen LogP contribution in [0, 0.1) is 11.7 Å². The highest BCUT2D eigenvalue weighted by molar-refractivity contribution is 6.03. The van der Waals surface area contributed by atoms with E-state index in [0.717, 1.165) is 5.56 Å². The third kappa shape index (κ3) is 4.43. The van der Waals surface area contributed by atoms with Crippen LogP contribution in [0.1, 0.15) is 36.1 Å². The summed E-state index contributed by atoms with van der Waals surface area (Å²) in [5, 5.41) is 31.9. The van der Waals surface area contributed by atoms with Crippen LogP contribution in [0.5, 0.6) is 11.5 Å². The second-order valence-electron chi connectivity index (χ2n) is 9.03. The highest BCUT2D eigenvalue weighted by Gasteiger charge is 2.49. The number of carbonyl (C=O) groups excluding carboxylic acids is 1. The van der Waals surface area contributed by atoms with Gasteiger partial charge in [-0.05, 0) is 60.4 Å². The van der Waals surface area contributed by atoms with Crippen LogP contribution < -0.4 is 4.90 Å². The normalized spacial score (nSPS) is 18.1. The lowest BCUT2D eigenvalue weighted by atomic mass is 9.77. The fourth-order valence-corrected chi connectivity index (χ4v) is 4.93. The van der Waals surface area contributed by atoms with Gasteiger partial charge in [0.1, 0.15) is 17.3 Å². The highest BCUT2D eigenvalue weighted by Crippen LogP contribution is 2.49. The van der Waals surface area contributed by atoms with Crippen LogP contribution in [0.15, 0.2) is 97.1 Å². The van der Waals surface area contributed by atoms with Gasteiger partial charge in [-0.3, -0.25) is 4.79 Å². The van der Waals surface area contributed by atoms with Gasteiger partial charge in [-0.15, -0.1) is 0 Å². The second-order valence-corrected chi connectivity index (χ2v) is 9.03. The number of β-lactam (4-membered cyclic amide) rings is 1. The fraction of sp³-hybridized carbons (Fsp3) is 0.167. The van der Waals surface area contributed by atoms with Crippen LogP contribution in [0.4, 0.5) is 10.1 Å². The molecule has 0 spiro atoms. The number of phenols is 2. The molecule has 182 valence electrons. The van der Waals surface area contributed by atoms with Gasteiger partial charge in [0.15, 0.2) is 0 Å². The number of anilines is 1. The number of hydrogen-bond donors (Lipinski definition) is 3. The van der Waals surface area contributed by atoms with Crippen molar-refractivity contribution in [3.8, 4) is 22.6 Å². The molecule has 0 unspecified atom stereocenters. The van der Waals surface area contributed by atoms with Gasteiger partial charge in [-0.2, -0.15) is 0 Å². The molecule has 1 heterocycles. The monoisotopic (exact) mass is 483 g/mol. The molecule has 0 bridgehead atoms. The second kappa shape index (κ2) is 9.84. The molecule has 0 saturated carbocycles. The van der Waals surface area contributed by atoms with Crippen LogP contribution in [0.2, 0.25) is 0 Å². The summed E-state index contributed by atoms with van der Waals surface area (Å²) >= 11 is 0. The lowest BCUT2D eigenvalue weighted by Gasteiger charge is -2.48. The Morgan fingerprint density at radius 3 is 2.22 bits per heavy atom. The molecular weight excluding hydrogens is 457 g/mol. The van der Waals surface area contributed by atoms with Gasteiger partial charge < -0.3 is 20.2 Å². The first-order chi connectivity index (χ1) is 17.4. The number of halogens is 1. The number of para-hydroxylation sites is 1. The van der Waals surface area contributed by atoms with E-state index in [1.54, 1.807) is 59.5 Å². The van der Waals surface area contributed by atoms with E-state index in [0.29, 0.717) is 35.2 Å². The maximum atomic E-state index is 13.5. The Kier molecular flexibility index (Phi) is 6.44. The minimum absolute atomic E-state index is 0.00558. The molecule has 0 radical (unpaired) electrons. The zero-order valence-electron chi connectivity index (χ0n) is 19.5. The molecular formula is C30H26FNO4. The maximum Gasteiger partial charge on any atom is 0.233 e. The van der Waals surface area contributed by atoms with E-state index in [-0.39, 0.29) is 17.4 Å². The molecule has 3 atom stereocenters. The summed E-state index contributed by atoms with van der Waals surface area (Å²) in [5.74, 6) is -0.912. The molecule has 1 fully saturated rings. The van der Waals surface area contributed by atoms with Crippen molar-refractivity contribution in [1.82, 2.24) is 0 Å². The number of aliphatic hydroxyl groups is 1. The first-order valence-corrected chi connectivity index (χ1v) is 11.9. The third-order valence-corrected chi connectivity index (χ3v) is 6.82. The van der Waals surface area contributed by atoms with E-state index < -0.39 is 23.9 Å². The number of rotatable bonds is 7. The van der Waals surface area contributed by atoms with Crippen molar-refractivity contribution in [2.75, 3.05) is 4.90 Å². The predicted molar refractivity (Wildman–Crippen MR) is 136 cm³/mol. The zero-order chi connectivity index (χ0) is 25.2. The van der Waals surface area contributed by atoms with Crippen LogP contribution in [0.3, 0.4) is 0 Å². The summed E-state index contributed by atoms with van der Waals surface area (Å²) in [6.45, 7) is 0. The average Bonchev–Trinajstić information content (AvgIpc) is 2.89. The molecule has 1 aliphatic heterocycles. The fourth-order valence-electron chi connectivity index (χ4n) is 4.93. The number of aliphatic hydroxyl groups excluding tert-OH is 1. The third-order valence-electron chi connectivity index (χ3n) is 6.82. The summed E-state index contributed by atoms with van der Waals surface area (Å²) in [6.07, 6.45) is 0.0829. The molecule has 0 aliphatic carbocycles. The smallest absolute Gasteiger partial charge is 0.233 e. The standard InChI is InChI=1S/C30H26FNO4/c31-21-11-13-22(14-12-21)32-29(25(30(32)36)16-17-26(33)19-6-2-1-3-7-19)24-15-10-20(18-28(24)35)23-8-4-5-9-27(23)34/h1-15,18,25-26,29,33-35H,16-17H2/t25-,26+,29-/m1/s1. The summed E-state index contributed by atoms with van der Waals surface area (Å²) in [4.78, 5) is 14.8. The van der Waals surface area contributed by atoms with E-state index in [4.69, 9.17) is 0 Å². The molecule has 1 amide bonds. The Morgan fingerprint density at radius 1 is 0.833 bits per heavy atom. The SMILES string of the molecule is O=C1[C@H](CC[C@H](O)c2ccccc2)[C@@H](c2ccc(-c3ccccc3O)cc2O)N1c1ccc(F)cc1. The first kappa shape index (κ1) is 23.6. The minimum atomic E-state index is -0.712. The molecule has 5 rings (SSSR count). The molecule has 36 heavy (non-hydrogen) atoms. The van der Waals surface area contributed by atoms with Gasteiger partial charge in [0.05, 0.1) is 18.1 Å². The lowest BCUT2D eigenvalue weighted by Crippen LogP contribution is -2.55. The molecule has 6 heteroatoms. The predicted octanol–water partition coefficient (Wildman–Crippen LogP) is 6.12. The largest absolute Gasteiger partial charge is 0.508 e. The minimum Gasteiger partial charge on any atom is -0.508 e. The summed E-state index contributed by atoms with van der Waals surface area (Å²) < 4.78 is 13.5. The number of phenolic OH excluding ortho intramolecular Hbond substituents is 2. The Morgan fingerprint density at radius 2 is 1.53 bits per heavy atom. The van der Waals surface area contributed by atoms with E-state index in [2.05, 4.69) is 0 Å². The van der Waals surface area contributed by atoms with Crippen LogP contribution in [-0.4, -0.2) is 21.2 Å². The molecule has 1 aliphatic rings. The maximum absolute atomic E-state index is 13.5. The number of hydrogen-bond acceptors (Lipinski definition) is 4. The average molecular weight is 484 g/mol. The van der Waals surface area contributed by atoms with Crippen LogP contribution in [-0.2, 0) is 4.79 Å². The van der Waals surface area contributed by atoms with E-state index >= 15 is 0 Å². The van der Waals surface area contributed by atoms with Crippen molar-refractivity contribution in [3.63, 3.8) is 0 Å². The van der Waals surface area contributed by atoms with Crippen LogP contribution in [0.25, 0.3) is 11.1 Å².